The van der Waals surface area contributed by atoms with Crippen LogP contribution in [-0.2, 0) is 20.9 Å². The number of amides is 5. The topological polar surface area (TPSA) is 87.2 Å². The lowest BCUT2D eigenvalue weighted by Crippen LogP contribution is -2.59. The highest BCUT2D eigenvalue weighted by molar-refractivity contribution is 6.14. The number of carbonyl (C=O) groups excluding carboxylic acids is 4. The Hall–Kier alpha value is -2.90. The number of ether oxygens (including phenoxy) is 1. The number of unbranched alkanes of at least 4 members (excludes halogenated alkanes) is 1. The number of imide groups is 2. The largest absolute Gasteiger partial charge is 0.453 e. The van der Waals surface area contributed by atoms with Crippen molar-refractivity contribution in [2.45, 2.75) is 64.5 Å². The van der Waals surface area contributed by atoms with E-state index in [1.54, 1.807) is 4.90 Å². The number of methoxy groups -OCH3 is 1. The number of barbiturate groups is 1. The summed E-state index contributed by atoms with van der Waals surface area (Å²) in [5.74, 6) is -0.522. The number of hydrogen-bond acceptors (Lipinski definition) is 5. The SMILES string of the molecule is CCCCN1C(=O)CC(=O)N(C2CCC(CN(Cc3ccccc3)C(=O)OC)CC2)C1=O. The van der Waals surface area contributed by atoms with E-state index in [4.69, 9.17) is 4.74 Å². The maximum atomic E-state index is 12.9. The van der Waals surface area contributed by atoms with Crippen molar-refractivity contribution in [2.24, 2.45) is 5.92 Å². The normalized spacial score (nSPS) is 21.6. The molecule has 0 N–H and O–H groups in total. The van der Waals surface area contributed by atoms with Gasteiger partial charge in [0.15, 0.2) is 0 Å². The standard InChI is InChI=1S/C24H33N3O5/c1-3-4-14-26-21(28)15-22(29)27(23(26)30)20-12-10-19(11-13-20)17-25(24(31)32-2)16-18-8-6-5-7-9-18/h5-9,19-20H,3-4,10-17H2,1-2H3. The van der Waals surface area contributed by atoms with E-state index in [9.17, 15) is 19.2 Å². The molecule has 1 aliphatic heterocycles. The molecule has 0 bridgehead atoms. The Balaban J connectivity index is 1.59. The summed E-state index contributed by atoms with van der Waals surface area (Å²) >= 11 is 0. The average molecular weight is 444 g/mol. The molecule has 1 heterocycles. The third-order valence-corrected chi connectivity index (χ3v) is 6.35. The summed E-state index contributed by atoms with van der Waals surface area (Å²) in [5.41, 5.74) is 1.04. The first-order chi connectivity index (χ1) is 15.4. The Morgan fingerprint density at radius 2 is 1.75 bits per heavy atom. The fourth-order valence-electron chi connectivity index (χ4n) is 4.58. The summed E-state index contributed by atoms with van der Waals surface area (Å²) in [6.45, 7) is 3.40. The van der Waals surface area contributed by atoms with E-state index < -0.39 is 17.8 Å². The molecule has 0 spiro atoms. The van der Waals surface area contributed by atoms with Gasteiger partial charge in [0.25, 0.3) is 0 Å². The average Bonchev–Trinajstić information content (AvgIpc) is 2.79. The van der Waals surface area contributed by atoms with Crippen LogP contribution in [0.2, 0.25) is 0 Å². The molecule has 5 amide bonds. The zero-order valence-corrected chi connectivity index (χ0v) is 19.0. The number of rotatable bonds is 8. The zero-order valence-electron chi connectivity index (χ0n) is 19.0. The van der Waals surface area contributed by atoms with Gasteiger partial charge in [-0.05, 0) is 43.6 Å². The minimum atomic E-state index is -0.469. The lowest BCUT2D eigenvalue weighted by atomic mass is 9.84. The van der Waals surface area contributed by atoms with Crippen molar-refractivity contribution in [2.75, 3.05) is 20.2 Å². The fraction of sp³-hybridized carbons (Fsp3) is 0.583. The van der Waals surface area contributed by atoms with Crippen LogP contribution >= 0.6 is 0 Å². The summed E-state index contributed by atoms with van der Waals surface area (Å²) in [4.78, 5) is 54.1. The molecule has 8 nitrogen and oxygen atoms in total. The van der Waals surface area contributed by atoms with Crippen molar-refractivity contribution >= 4 is 23.9 Å². The Morgan fingerprint density at radius 3 is 2.38 bits per heavy atom. The maximum Gasteiger partial charge on any atom is 0.409 e. The van der Waals surface area contributed by atoms with Crippen LogP contribution in [0.15, 0.2) is 30.3 Å². The second-order valence-electron chi connectivity index (χ2n) is 8.63. The van der Waals surface area contributed by atoms with Crippen LogP contribution in [-0.4, -0.2) is 64.9 Å². The van der Waals surface area contributed by atoms with Gasteiger partial charge in [-0.15, -0.1) is 0 Å². The minimum absolute atomic E-state index is 0.191. The van der Waals surface area contributed by atoms with Crippen LogP contribution in [0.4, 0.5) is 9.59 Å². The summed E-state index contributed by atoms with van der Waals surface area (Å²) in [6.07, 6.45) is 3.97. The van der Waals surface area contributed by atoms with Gasteiger partial charge in [0.1, 0.15) is 6.42 Å². The molecular formula is C24H33N3O5. The predicted octanol–water partition coefficient (Wildman–Crippen LogP) is 3.79. The summed E-state index contributed by atoms with van der Waals surface area (Å²) in [7, 11) is 1.39. The smallest absolute Gasteiger partial charge is 0.409 e. The van der Waals surface area contributed by atoms with Gasteiger partial charge in [-0.2, -0.15) is 0 Å². The molecule has 1 aliphatic carbocycles. The molecule has 2 fully saturated rings. The van der Waals surface area contributed by atoms with Gasteiger partial charge in [-0.1, -0.05) is 43.7 Å². The molecule has 3 rings (SSSR count). The molecule has 1 aromatic rings. The first kappa shape index (κ1) is 23.8. The molecule has 0 atom stereocenters. The summed E-state index contributed by atoms with van der Waals surface area (Å²) in [6, 6.07) is 9.12. The number of hydrogen-bond donors (Lipinski definition) is 0. The monoisotopic (exact) mass is 443 g/mol. The number of nitrogens with zero attached hydrogens (tertiary/aromatic N) is 3. The molecule has 174 valence electrons. The first-order valence-electron chi connectivity index (χ1n) is 11.5. The van der Waals surface area contributed by atoms with Gasteiger partial charge < -0.3 is 9.64 Å². The van der Waals surface area contributed by atoms with Crippen molar-refractivity contribution in [1.82, 2.24) is 14.7 Å². The molecule has 1 saturated heterocycles. The maximum absolute atomic E-state index is 12.9. The molecule has 0 aromatic heterocycles. The van der Waals surface area contributed by atoms with Crippen molar-refractivity contribution in [1.29, 1.82) is 0 Å². The Bertz CT molecular complexity index is 820. The number of urea groups is 1. The van der Waals surface area contributed by atoms with Crippen LogP contribution in [0.25, 0.3) is 0 Å². The molecule has 0 unspecified atom stereocenters. The van der Waals surface area contributed by atoms with Gasteiger partial charge in [0.2, 0.25) is 11.8 Å². The third kappa shape index (κ3) is 5.66. The van der Waals surface area contributed by atoms with Crippen LogP contribution < -0.4 is 0 Å². The van der Waals surface area contributed by atoms with Crippen molar-refractivity contribution < 1.29 is 23.9 Å². The number of carbonyl (C=O) groups is 4. The molecule has 8 heteroatoms. The van der Waals surface area contributed by atoms with Crippen molar-refractivity contribution in [3.63, 3.8) is 0 Å². The van der Waals surface area contributed by atoms with Gasteiger partial charge in [0.05, 0.1) is 7.11 Å². The molecule has 0 radical (unpaired) electrons. The van der Waals surface area contributed by atoms with E-state index in [1.165, 1.54) is 16.9 Å². The zero-order chi connectivity index (χ0) is 23.1. The Kier molecular flexibility index (Phi) is 8.25. The Labute approximate surface area is 189 Å². The summed E-state index contributed by atoms with van der Waals surface area (Å²) in [5, 5.41) is 0. The molecule has 1 aromatic carbocycles. The third-order valence-electron chi connectivity index (χ3n) is 6.35. The highest BCUT2D eigenvalue weighted by Crippen LogP contribution is 2.31. The first-order valence-corrected chi connectivity index (χ1v) is 11.5. The summed E-state index contributed by atoms with van der Waals surface area (Å²) < 4.78 is 4.98. The van der Waals surface area contributed by atoms with Crippen LogP contribution in [0.1, 0.15) is 57.4 Å². The van der Waals surface area contributed by atoms with Gasteiger partial charge in [-0.25, -0.2) is 9.59 Å². The van der Waals surface area contributed by atoms with Gasteiger partial charge in [-0.3, -0.25) is 19.4 Å². The highest BCUT2D eigenvalue weighted by atomic mass is 16.5. The van der Waals surface area contributed by atoms with Crippen LogP contribution in [0.3, 0.4) is 0 Å². The van der Waals surface area contributed by atoms with E-state index in [2.05, 4.69) is 0 Å². The van der Waals surface area contributed by atoms with Crippen LogP contribution in [0, 0.1) is 5.92 Å². The Morgan fingerprint density at radius 1 is 1.06 bits per heavy atom. The van der Waals surface area contributed by atoms with E-state index in [1.807, 2.05) is 37.3 Å². The lowest BCUT2D eigenvalue weighted by Gasteiger charge is -2.41. The number of benzene rings is 1. The second-order valence-corrected chi connectivity index (χ2v) is 8.63. The van der Waals surface area contributed by atoms with Crippen LogP contribution in [0.5, 0.6) is 0 Å². The lowest BCUT2D eigenvalue weighted by molar-refractivity contribution is -0.144. The van der Waals surface area contributed by atoms with Crippen molar-refractivity contribution in [3.8, 4) is 0 Å². The second kappa shape index (κ2) is 11.1. The van der Waals surface area contributed by atoms with E-state index >= 15 is 0 Å². The van der Waals surface area contributed by atoms with E-state index in [0.29, 0.717) is 32.5 Å². The van der Waals surface area contributed by atoms with Crippen molar-refractivity contribution in [3.05, 3.63) is 35.9 Å². The molecule has 1 saturated carbocycles. The minimum Gasteiger partial charge on any atom is -0.453 e. The van der Waals surface area contributed by atoms with E-state index in [-0.39, 0.29) is 24.5 Å². The molecular weight excluding hydrogens is 410 g/mol. The van der Waals surface area contributed by atoms with E-state index in [0.717, 1.165) is 31.2 Å². The molecule has 2 aliphatic rings. The quantitative estimate of drug-likeness (QED) is 0.571. The molecule has 32 heavy (non-hydrogen) atoms. The van der Waals surface area contributed by atoms with Gasteiger partial charge >= 0.3 is 12.1 Å². The van der Waals surface area contributed by atoms with Gasteiger partial charge in [0, 0.05) is 25.7 Å². The fourth-order valence-corrected chi connectivity index (χ4v) is 4.58. The highest BCUT2D eigenvalue weighted by Gasteiger charge is 2.42. The predicted molar refractivity (Wildman–Crippen MR) is 118 cm³/mol.